The standard InChI is InChI=1S/C16H24FN/c1-3-8-18-16(13-6-4-5-7-13)14-9-12(2)10-15(17)11-14/h9-11,13,16,18H,3-8H2,1-2H3. The maximum absolute atomic E-state index is 13.6. The van der Waals surface area contributed by atoms with E-state index in [4.69, 9.17) is 0 Å². The number of halogens is 1. The third-order valence-corrected chi connectivity index (χ3v) is 3.91. The maximum atomic E-state index is 13.6. The molecule has 1 aliphatic carbocycles. The van der Waals surface area contributed by atoms with Gasteiger partial charge in [-0.15, -0.1) is 0 Å². The van der Waals surface area contributed by atoms with Gasteiger partial charge in [-0.2, -0.15) is 0 Å². The van der Waals surface area contributed by atoms with Gasteiger partial charge in [0.25, 0.3) is 0 Å². The molecular weight excluding hydrogens is 225 g/mol. The van der Waals surface area contributed by atoms with E-state index in [1.54, 1.807) is 12.1 Å². The van der Waals surface area contributed by atoms with Gasteiger partial charge in [0.15, 0.2) is 0 Å². The summed E-state index contributed by atoms with van der Waals surface area (Å²) >= 11 is 0. The van der Waals surface area contributed by atoms with Crippen molar-refractivity contribution in [1.29, 1.82) is 0 Å². The van der Waals surface area contributed by atoms with Crippen molar-refractivity contribution in [3.05, 3.63) is 35.1 Å². The molecule has 0 aromatic heterocycles. The van der Waals surface area contributed by atoms with Crippen LogP contribution < -0.4 is 5.32 Å². The Labute approximate surface area is 110 Å². The summed E-state index contributed by atoms with van der Waals surface area (Å²) in [4.78, 5) is 0. The molecule has 0 heterocycles. The molecule has 2 rings (SSSR count). The summed E-state index contributed by atoms with van der Waals surface area (Å²) in [5.74, 6) is 0.573. The third kappa shape index (κ3) is 3.32. The molecule has 1 atom stereocenters. The fourth-order valence-electron chi connectivity index (χ4n) is 3.09. The first-order valence-electron chi connectivity index (χ1n) is 7.21. The third-order valence-electron chi connectivity index (χ3n) is 3.91. The van der Waals surface area contributed by atoms with E-state index in [9.17, 15) is 4.39 Å². The number of benzene rings is 1. The first kappa shape index (κ1) is 13.5. The molecule has 1 N–H and O–H groups in total. The van der Waals surface area contributed by atoms with Gasteiger partial charge in [-0.1, -0.05) is 25.8 Å². The number of aryl methyl sites for hydroxylation is 1. The van der Waals surface area contributed by atoms with Gasteiger partial charge in [0.1, 0.15) is 5.82 Å². The highest BCUT2D eigenvalue weighted by atomic mass is 19.1. The predicted molar refractivity (Wildman–Crippen MR) is 74.1 cm³/mol. The zero-order chi connectivity index (χ0) is 13.0. The van der Waals surface area contributed by atoms with Crippen LogP contribution in [0.2, 0.25) is 0 Å². The van der Waals surface area contributed by atoms with Gasteiger partial charge in [0, 0.05) is 6.04 Å². The van der Waals surface area contributed by atoms with Gasteiger partial charge in [0.2, 0.25) is 0 Å². The second kappa shape index (κ2) is 6.33. The molecule has 2 heteroatoms. The molecule has 1 aliphatic rings. The summed E-state index contributed by atoms with van der Waals surface area (Å²) in [6, 6.07) is 5.78. The minimum Gasteiger partial charge on any atom is -0.310 e. The van der Waals surface area contributed by atoms with Gasteiger partial charge in [0.05, 0.1) is 0 Å². The zero-order valence-electron chi connectivity index (χ0n) is 11.5. The Morgan fingerprint density at radius 2 is 2.00 bits per heavy atom. The van der Waals surface area contributed by atoms with Crippen LogP contribution in [0.1, 0.15) is 56.2 Å². The molecule has 1 saturated carbocycles. The molecule has 18 heavy (non-hydrogen) atoms. The van der Waals surface area contributed by atoms with Crippen molar-refractivity contribution in [2.45, 2.75) is 52.0 Å². The smallest absolute Gasteiger partial charge is 0.123 e. The van der Waals surface area contributed by atoms with E-state index in [2.05, 4.69) is 18.3 Å². The first-order chi connectivity index (χ1) is 8.70. The summed E-state index contributed by atoms with van der Waals surface area (Å²) < 4.78 is 13.6. The van der Waals surface area contributed by atoms with E-state index in [0.29, 0.717) is 12.0 Å². The van der Waals surface area contributed by atoms with Crippen LogP contribution in [-0.4, -0.2) is 6.54 Å². The summed E-state index contributed by atoms with van der Waals surface area (Å²) in [6.45, 7) is 5.16. The van der Waals surface area contributed by atoms with Crippen molar-refractivity contribution in [2.24, 2.45) is 5.92 Å². The van der Waals surface area contributed by atoms with E-state index < -0.39 is 0 Å². The van der Waals surface area contributed by atoms with Crippen LogP contribution in [0, 0.1) is 18.7 Å². The zero-order valence-corrected chi connectivity index (χ0v) is 11.5. The molecular formula is C16H24FN. The van der Waals surface area contributed by atoms with E-state index in [1.807, 2.05) is 6.92 Å². The number of nitrogens with one attached hydrogen (secondary N) is 1. The van der Waals surface area contributed by atoms with Crippen LogP contribution in [0.4, 0.5) is 4.39 Å². The molecule has 1 aromatic carbocycles. The topological polar surface area (TPSA) is 12.0 Å². The number of rotatable bonds is 5. The molecule has 100 valence electrons. The second-order valence-corrected chi connectivity index (χ2v) is 5.54. The van der Waals surface area contributed by atoms with E-state index in [-0.39, 0.29) is 5.82 Å². The Bertz CT molecular complexity index is 362. The fraction of sp³-hybridized carbons (Fsp3) is 0.625. The maximum Gasteiger partial charge on any atom is 0.123 e. The molecule has 0 saturated heterocycles. The van der Waals surface area contributed by atoms with Crippen molar-refractivity contribution in [3.63, 3.8) is 0 Å². The normalized spacial score (nSPS) is 18.2. The highest BCUT2D eigenvalue weighted by molar-refractivity contribution is 5.27. The fourth-order valence-corrected chi connectivity index (χ4v) is 3.09. The Morgan fingerprint density at radius 3 is 2.61 bits per heavy atom. The van der Waals surface area contributed by atoms with Crippen molar-refractivity contribution in [1.82, 2.24) is 5.32 Å². The highest BCUT2D eigenvalue weighted by Gasteiger charge is 2.26. The lowest BCUT2D eigenvalue weighted by Crippen LogP contribution is -2.28. The molecule has 1 unspecified atom stereocenters. The average Bonchev–Trinajstić information content (AvgIpc) is 2.82. The van der Waals surface area contributed by atoms with Crippen LogP contribution in [0.3, 0.4) is 0 Å². The van der Waals surface area contributed by atoms with Crippen molar-refractivity contribution >= 4 is 0 Å². The van der Waals surface area contributed by atoms with Gasteiger partial charge >= 0.3 is 0 Å². The predicted octanol–water partition coefficient (Wildman–Crippen LogP) is 4.37. The quantitative estimate of drug-likeness (QED) is 0.817. The van der Waals surface area contributed by atoms with Crippen LogP contribution >= 0.6 is 0 Å². The van der Waals surface area contributed by atoms with Gasteiger partial charge in [-0.25, -0.2) is 4.39 Å². The SMILES string of the molecule is CCCNC(c1cc(C)cc(F)c1)C1CCCC1. The van der Waals surface area contributed by atoms with Crippen LogP contribution in [0.15, 0.2) is 18.2 Å². The first-order valence-corrected chi connectivity index (χ1v) is 7.21. The monoisotopic (exact) mass is 249 g/mol. The van der Waals surface area contributed by atoms with Crippen molar-refractivity contribution < 1.29 is 4.39 Å². The lowest BCUT2D eigenvalue weighted by molar-refractivity contribution is 0.367. The Kier molecular flexibility index (Phi) is 4.76. The number of hydrogen-bond donors (Lipinski definition) is 1. The summed E-state index contributed by atoms with van der Waals surface area (Å²) in [5.41, 5.74) is 2.15. The average molecular weight is 249 g/mol. The highest BCUT2D eigenvalue weighted by Crippen LogP contribution is 2.36. The largest absolute Gasteiger partial charge is 0.310 e. The summed E-state index contributed by atoms with van der Waals surface area (Å²) in [7, 11) is 0. The van der Waals surface area contributed by atoms with Gasteiger partial charge in [-0.05, 0) is 61.9 Å². The minimum absolute atomic E-state index is 0.105. The molecule has 1 nitrogen and oxygen atoms in total. The molecule has 0 radical (unpaired) electrons. The molecule has 0 bridgehead atoms. The molecule has 1 fully saturated rings. The van der Waals surface area contributed by atoms with Gasteiger partial charge < -0.3 is 5.32 Å². The molecule has 1 aromatic rings. The number of hydrogen-bond acceptors (Lipinski definition) is 1. The lowest BCUT2D eigenvalue weighted by atomic mass is 9.90. The minimum atomic E-state index is -0.105. The second-order valence-electron chi connectivity index (χ2n) is 5.54. The van der Waals surface area contributed by atoms with Crippen molar-refractivity contribution in [2.75, 3.05) is 6.54 Å². The van der Waals surface area contributed by atoms with Gasteiger partial charge in [-0.3, -0.25) is 0 Å². The lowest BCUT2D eigenvalue weighted by Gasteiger charge is -2.25. The summed E-state index contributed by atoms with van der Waals surface area (Å²) in [5, 5.41) is 3.62. The van der Waals surface area contributed by atoms with Crippen LogP contribution in [0.5, 0.6) is 0 Å². The Balaban J connectivity index is 2.20. The molecule has 0 aliphatic heterocycles. The van der Waals surface area contributed by atoms with Crippen LogP contribution in [0.25, 0.3) is 0 Å². The Hall–Kier alpha value is -0.890. The van der Waals surface area contributed by atoms with Crippen molar-refractivity contribution in [3.8, 4) is 0 Å². The van der Waals surface area contributed by atoms with E-state index in [0.717, 1.165) is 24.1 Å². The van der Waals surface area contributed by atoms with E-state index in [1.165, 1.54) is 25.7 Å². The molecule has 0 spiro atoms. The molecule has 0 amide bonds. The summed E-state index contributed by atoms with van der Waals surface area (Å²) in [6.07, 6.45) is 6.32. The van der Waals surface area contributed by atoms with Crippen LogP contribution in [-0.2, 0) is 0 Å². The van der Waals surface area contributed by atoms with E-state index >= 15 is 0 Å². The Morgan fingerprint density at radius 1 is 1.28 bits per heavy atom.